The molecule has 0 spiro atoms. The first-order valence-corrected chi connectivity index (χ1v) is 7.43. The number of fused-ring (bicyclic) bond motifs is 1. The zero-order valence-electron chi connectivity index (χ0n) is 12.9. The highest BCUT2D eigenvalue weighted by molar-refractivity contribution is 6.02. The largest absolute Gasteiger partial charge is 0.364 e. The maximum Gasteiger partial charge on any atom is 0.332 e. The number of carbonyl (C=O) groups excluding carboxylic acids is 1. The van der Waals surface area contributed by atoms with Crippen molar-refractivity contribution in [2.24, 2.45) is 5.73 Å². The molecule has 1 aromatic carbocycles. The Hall–Kier alpha value is -3.81. The number of aromatic nitrogens is 5. The zero-order chi connectivity index (χ0) is 17.4. The van der Waals surface area contributed by atoms with Gasteiger partial charge in [0.25, 0.3) is 5.91 Å². The smallest absolute Gasteiger partial charge is 0.332 e. The number of H-pyrrole nitrogens is 1. The molecule has 0 aliphatic rings. The number of nitrogens with two attached hydrogens (primary N) is 1. The summed E-state index contributed by atoms with van der Waals surface area (Å²) in [5.74, 6) is -0.489. The molecule has 3 heterocycles. The van der Waals surface area contributed by atoms with Crippen LogP contribution in [0.2, 0.25) is 0 Å². The highest BCUT2D eigenvalue weighted by atomic mass is 16.2. The fraction of sp³-hybridized carbons (Fsp3) is 0. The number of primary amides is 1. The maximum atomic E-state index is 12.4. The molecule has 0 radical (unpaired) electrons. The number of hydrogen-bond donors (Lipinski definition) is 2. The van der Waals surface area contributed by atoms with Gasteiger partial charge in [0.2, 0.25) is 0 Å². The summed E-state index contributed by atoms with van der Waals surface area (Å²) >= 11 is 0. The van der Waals surface area contributed by atoms with E-state index in [1.165, 1.54) is 4.57 Å². The topological polar surface area (TPSA) is 120 Å². The normalized spacial score (nSPS) is 10.9. The van der Waals surface area contributed by atoms with Crippen molar-refractivity contribution in [2.75, 3.05) is 0 Å². The minimum Gasteiger partial charge on any atom is -0.364 e. The van der Waals surface area contributed by atoms with E-state index >= 15 is 0 Å². The van der Waals surface area contributed by atoms with Crippen molar-refractivity contribution in [1.82, 2.24) is 24.5 Å². The molecule has 1 amide bonds. The summed E-state index contributed by atoms with van der Waals surface area (Å²) in [4.78, 5) is 39.6. The fourth-order valence-corrected chi connectivity index (χ4v) is 2.60. The number of aromatic amines is 1. The summed E-state index contributed by atoms with van der Waals surface area (Å²) in [6.45, 7) is 0. The molecule has 25 heavy (non-hydrogen) atoms. The average molecular weight is 332 g/mol. The van der Waals surface area contributed by atoms with E-state index in [4.69, 9.17) is 5.73 Å². The predicted octanol–water partition coefficient (Wildman–Crippen LogP) is 1.27. The second-order valence-corrected chi connectivity index (χ2v) is 5.30. The Morgan fingerprint density at radius 2 is 1.88 bits per heavy atom. The summed E-state index contributed by atoms with van der Waals surface area (Å²) in [6, 6.07) is 12.5. The standard InChI is InChI=1S/C17H12N6O2/c18-14(24)12-13-16(22-15(20-12)10-5-4-8-19-9-10)23(17(25)21-13)11-6-2-1-3-7-11/h1-9H,(H2,18,24)(H,21,25). The maximum absolute atomic E-state index is 12.4. The van der Waals surface area contributed by atoms with Gasteiger partial charge in [-0.15, -0.1) is 0 Å². The number of amides is 1. The van der Waals surface area contributed by atoms with Crippen molar-refractivity contribution in [3.63, 3.8) is 0 Å². The minimum absolute atomic E-state index is 0.0457. The molecule has 4 aromatic rings. The third kappa shape index (κ3) is 2.45. The molecule has 0 atom stereocenters. The summed E-state index contributed by atoms with van der Waals surface area (Å²) in [5.41, 5.74) is 6.68. The summed E-state index contributed by atoms with van der Waals surface area (Å²) in [5, 5.41) is 0. The van der Waals surface area contributed by atoms with E-state index in [0.717, 1.165) is 0 Å². The molecule has 122 valence electrons. The van der Waals surface area contributed by atoms with E-state index in [1.54, 1.807) is 48.8 Å². The molecule has 3 N–H and O–H groups in total. The van der Waals surface area contributed by atoms with Gasteiger partial charge in [0, 0.05) is 18.0 Å². The SMILES string of the molecule is NC(=O)c1nc(-c2cccnc2)nc2c1[nH]c(=O)n2-c1ccccc1. The second kappa shape index (κ2) is 5.68. The Labute approximate surface area is 141 Å². The lowest BCUT2D eigenvalue weighted by Crippen LogP contribution is -2.15. The number of imidazole rings is 1. The van der Waals surface area contributed by atoms with Crippen LogP contribution in [0, 0.1) is 0 Å². The number of hydrogen-bond acceptors (Lipinski definition) is 5. The van der Waals surface area contributed by atoms with Gasteiger partial charge < -0.3 is 10.7 Å². The lowest BCUT2D eigenvalue weighted by Gasteiger charge is -2.06. The second-order valence-electron chi connectivity index (χ2n) is 5.30. The van der Waals surface area contributed by atoms with E-state index in [0.29, 0.717) is 11.3 Å². The van der Waals surface area contributed by atoms with Crippen molar-refractivity contribution in [2.45, 2.75) is 0 Å². The zero-order valence-corrected chi connectivity index (χ0v) is 12.9. The van der Waals surface area contributed by atoms with Crippen LogP contribution in [0.25, 0.3) is 28.2 Å². The van der Waals surface area contributed by atoms with Crippen LogP contribution in [0.4, 0.5) is 0 Å². The molecule has 0 saturated heterocycles. The van der Waals surface area contributed by atoms with E-state index < -0.39 is 11.6 Å². The molecule has 3 aromatic heterocycles. The first kappa shape index (κ1) is 14.8. The summed E-state index contributed by atoms with van der Waals surface area (Å²) < 4.78 is 1.38. The van der Waals surface area contributed by atoms with Crippen LogP contribution in [-0.4, -0.2) is 30.4 Å². The van der Waals surface area contributed by atoms with Crippen LogP contribution in [0.3, 0.4) is 0 Å². The lowest BCUT2D eigenvalue weighted by atomic mass is 10.2. The van der Waals surface area contributed by atoms with Crippen LogP contribution < -0.4 is 11.4 Å². The Kier molecular flexibility index (Phi) is 3.35. The molecular weight excluding hydrogens is 320 g/mol. The van der Waals surface area contributed by atoms with Gasteiger partial charge in [0.15, 0.2) is 17.2 Å². The molecule has 8 heteroatoms. The molecule has 8 nitrogen and oxygen atoms in total. The van der Waals surface area contributed by atoms with E-state index in [1.807, 2.05) is 6.07 Å². The molecule has 0 aliphatic carbocycles. The monoisotopic (exact) mass is 332 g/mol. The number of nitrogens with zero attached hydrogens (tertiary/aromatic N) is 4. The third-order valence-electron chi connectivity index (χ3n) is 3.70. The number of nitrogens with one attached hydrogen (secondary N) is 1. The first-order valence-electron chi connectivity index (χ1n) is 7.43. The van der Waals surface area contributed by atoms with E-state index in [9.17, 15) is 9.59 Å². The van der Waals surface area contributed by atoms with Crippen LogP contribution in [0.1, 0.15) is 10.5 Å². The molecule has 0 bridgehead atoms. The van der Waals surface area contributed by atoms with Crippen molar-refractivity contribution in [1.29, 1.82) is 0 Å². The number of carbonyl (C=O) groups is 1. The van der Waals surface area contributed by atoms with Gasteiger partial charge in [-0.05, 0) is 24.3 Å². The quantitative estimate of drug-likeness (QED) is 0.585. The lowest BCUT2D eigenvalue weighted by molar-refractivity contribution is 0.0997. The highest BCUT2D eigenvalue weighted by Gasteiger charge is 2.20. The Morgan fingerprint density at radius 3 is 2.56 bits per heavy atom. The van der Waals surface area contributed by atoms with Gasteiger partial charge in [-0.3, -0.25) is 9.78 Å². The van der Waals surface area contributed by atoms with Crippen molar-refractivity contribution >= 4 is 17.1 Å². The predicted molar refractivity (Wildman–Crippen MR) is 91.2 cm³/mol. The van der Waals surface area contributed by atoms with Crippen molar-refractivity contribution in [3.05, 3.63) is 71.0 Å². The molecule has 4 rings (SSSR count). The summed E-state index contributed by atoms with van der Waals surface area (Å²) in [6.07, 6.45) is 3.19. The van der Waals surface area contributed by atoms with Gasteiger partial charge in [-0.25, -0.2) is 19.3 Å². The fourth-order valence-electron chi connectivity index (χ4n) is 2.60. The Bertz CT molecular complexity index is 1130. The van der Waals surface area contributed by atoms with Gasteiger partial charge in [-0.2, -0.15) is 0 Å². The van der Waals surface area contributed by atoms with Crippen LogP contribution in [0.15, 0.2) is 59.7 Å². The molecule has 0 saturated carbocycles. The summed E-state index contributed by atoms with van der Waals surface area (Å²) in [7, 11) is 0. The van der Waals surface area contributed by atoms with Gasteiger partial charge in [0.1, 0.15) is 5.52 Å². The number of para-hydroxylation sites is 1. The molecular formula is C17H12N6O2. The van der Waals surface area contributed by atoms with E-state index in [-0.39, 0.29) is 22.7 Å². The average Bonchev–Trinajstić information content (AvgIpc) is 2.98. The number of benzene rings is 1. The third-order valence-corrected chi connectivity index (χ3v) is 3.70. The van der Waals surface area contributed by atoms with E-state index in [2.05, 4.69) is 19.9 Å². The van der Waals surface area contributed by atoms with Gasteiger partial charge >= 0.3 is 5.69 Å². The van der Waals surface area contributed by atoms with Crippen LogP contribution in [0.5, 0.6) is 0 Å². The van der Waals surface area contributed by atoms with Crippen molar-refractivity contribution < 1.29 is 4.79 Å². The molecule has 0 fully saturated rings. The molecule has 0 unspecified atom stereocenters. The molecule has 0 aliphatic heterocycles. The van der Waals surface area contributed by atoms with Crippen LogP contribution >= 0.6 is 0 Å². The Morgan fingerprint density at radius 1 is 1.08 bits per heavy atom. The highest BCUT2D eigenvalue weighted by Crippen LogP contribution is 2.21. The van der Waals surface area contributed by atoms with Crippen molar-refractivity contribution in [3.8, 4) is 17.1 Å². The van der Waals surface area contributed by atoms with Crippen LogP contribution in [-0.2, 0) is 0 Å². The minimum atomic E-state index is -0.751. The Balaban J connectivity index is 2.09. The first-order chi connectivity index (χ1) is 12.1. The number of rotatable bonds is 3. The van der Waals surface area contributed by atoms with Gasteiger partial charge in [-0.1, -0.05) is 18.2 Å². The van der Waals surface area contributed by atoms with Gasteiger partial charge in [0.05, 0.1) is 5.69 Å². The number of pyridine rings is 1.